The van der Waals surface area contributed by atoms with E-state index in [1.54, 1.807) is 36.9 Å². The summed E-state index contributed by atoms with van der Waals surface area (Å²) in [6.07, 6.45) is 0. The quantitative estimate of drug-likeness (QED) is 0.392. The first kappa shape index (κ1) is 17.0. The number of nitro benzene ring substituents is 1. The largest absolute Gasteiger partial charge is 0.332 e. The Balaban J connectivity index is 2.05. The van der Waals surface area contributed by atoms with Gasteiger partial charge in [-0.1, -0.05) is 30.0 Å². The lowest BCUT2D eigenvalue weighted by Crippen LogP contribution is -2.37. The van der Waals surface area contributed by atoms with Gasteiger partial charge in [-0.2, -0.15) is 0 Å². The van der Waals surface area contributed by atoms with Crippen LogP contribution in [0.2, 0.25) is 0 Å². The molecule has 0 N–H and O–H groups in total. The minimum atomic E-state index is -0.453. The van der Waals surface area contributed by atoms with Crippen molar-refractivity contribution in [1.29, 1.82) is 0 Å². The van der Waals surface area contributed by atoms with Crippen molar-refractivity contribution in [2.75, 3.05) is 0 Å². The van der Waals surface area contributed by atoms with Gasteiger partial charge in [0, 0.05) is 38.5 Å². The number of rotatable bonds is 4. The fourth-order valence-electron chi connectivity index (χ4n) is 2.58. The monoisotopic (exact) mass is 361 g/mol. The van der Waals surface area contributed by atoms with Gasteiger partial charge in [0.05, 0.1) is 4.92 Å². The average molecular weight is 361 g/mol. The van der Waals surface area contributed by atoms with Gasteiger partial charge in [-0.25, -0.2) is 9.78 Å². The number of hydrogen-bond donors (Lipinski definition) is 0. The van der Waals surface area contributed by atoms with Crippen LogP contribution >= 0.6 is 11.8 Å². The molecule has 0 radical (unpaired) electrons. The van der Waals surface area contributed by atoms with Gasteiger partial charge in [-0.3, -0.25) is 24.0 Å². The van der Waals surface area contributed by atoms with Gasteiger partial charge < -0.3 is 4.57 Å². The molecule has 2 heterocycles. The van der Waals surface area contributed by atoms with E-state index in [-0.39, 0.29) is 5.69 Å². The van der Waals surface area contributed by atoms with Crippen molar-refractivity contribution < 1.29 is 4.92 Å². The molecule has 1 aromatic carbocycles. The zero-order chi connectivity index (χ0) is 18.3. The van der Waals surface area contributed by atoms with E-state index in [4.69, 9.17) is 0 Å². The first-order chi connectivity index (χ1) is 11.8. The highest BCUT2D eigenvalue weighted by atomic mass is 32.2. The van der Waals surface area contributed by atoms with Gasteiger partial charge in [0.15, 0.2) is 16.3 Å². The third-order valence-electron chi connectivity index (χ3n) is 3.98. The molecule has 130 valence electrons. The van der Waals surface area contributed by atoms with Gasteiger partial charge in [0.2, 0.25) is 0 Å². The van der Waals surface area contributed by atoms with E-state index in [9.17, 15) is 19.7 Å². The maximum atomic E-state index is 12.3. The van der Waals surface area contributed by atoms with Crippen molar-refractivity contribution >= 4 is 28.6 Å². The fraction of sp³-hybridized carbons (Fsp3) is 0.267. The lowest BCUT2D eigenvalue weighted by atomic mass is 10.2. The number of thioether (sulfide) groups is 1. The molecule has 3 rings (SSSR count). The van der Waals surface area contributed by atoms with Crippen LogP contribution in [0.1, 0.15) is 5.56 Å². The van der Waals surface area contributed by atoms with Gasteiger partial charge in [0.25, 0.3) is 11.2 Å². The topological polar surface area (TPSA) is 105 Å². The van der Waals surface area contributed by atoms with Gasteiger partial charge in [0.1, 0.15) is 0 Å². The summed E-state index contributed by atoms with van der Waals surface area (Å²) in [5.41, 5.74) is 0.329. The lowest BCUT2D eigenvalue weighted by Gasteiger charge is -2.04. The number of aryl methyl sites for hydroxylation is 2. The van der Waals surface area contributed by atoms with Crippen molar-refractivity contribution in [1.82, 2.24) is 18.7 Å². The summed E-state index contributed by atoms with van der Waals surface area (Å²) in [5.74, 6) is 0.322. The molecule has 2 aromatic heterocycles. The first-order valence-corrected chi connectivity index (χ1v) is 8.29. The summed E-state index contributed by atoms with van der Waals surface area (Å²) in [7, 11) is 4.65. The van der Waals surface area contributed by atoms with Crippen molar-refractivity contribution in [2.24, 2.45) is 21.1 Å². The maximum absolute atomic E-state index is 12.3. The second-order valence-electron chi connectivity index (χ2n) is 5.51. The van der Waals surface area contributed by atoms with Crippen LogP contribution in [0.4, 0.5) is 5.69 Å². The van der Waals surface area contributed by atoms with Gasteiger partial charge in [-0.15, -0.1) is 0 Å². The molecule has 25 heavy (non-hydrogen) atoms. The number of benzene rings is 1. The Morgan fingerprint density at radius 1 is 1.12 bits per heavy atom. The van der Waals surface area contributed by atoms with Crippen LogP contribution in [0.3, 0.4) is 0 Å². The highest BCUT2D eigenvalue weighted by molar-refractivity contribution is 7.98. The fourth-order valence-corrected chi connectivity index (χ4v) is 3.55. The molecular weight excluding hydrogens is 346 g/mol. The van der Waals surface area contributed by atoms with Crippen LogP contribution in [-0.4, -0.2) is 23.6 Å². The van der Waals surface area contributed by atoms with E-state index in [1.165, 1.54) is 29.4 Å². The van der Waals surface area contributed by atoms with E-state index < -0.39 is 16.2 Å². The molecule has 0 saturated heterocycles. The minimum Gasteiger partial charge on any atom is -0.316 e. The molecule has 0 aliphatic heterocycles. The van der Waals surface area contributed by atoms with Crippen LogP contribution in [-0.2, 0) is 26.9 Å². The van der Waals surface area contributed by atoms with Crippen molar-refractivity contribution in [3.63, 3.8) is 0 Å². The molecule has 0 unspecified atom stereocenters. The summed E-state index contributed by atoms with van der Waals surface area (Å²) < 4.78 is 3.95. The molecule has 0 spiro atoms. The molecular formula is C15H15N5O4S. The summed E-state index contributed by atoms with van der Waals surface area (Å²) in [6.45, 7) is 0. The zero-order valence-corrected chi connectivity index (χ0v) is 14.6. The number of fused-ring (bicyclic) bond motifs is 1. The predicted molar refractivity (Wildman–Crippen MR) is 93.9 cm³/mol. The maximum Gasteiger partial charge on any atom is 0.332 e. The van der Waals surface area contributed by atoms with E-state index in [2.05, 4.69) is 4.98 Å². The van der Waals surface area contributed by atoms with Crippen LogP contribution in [0, 0.1) is 10.1 Å². The number of nitro groups is 1. The standard InChI is InChI=1S/C15H15N5O4S/c1-17-11-12(18(2)15(22)19(3)13(11)21)16-14(17)25-8-9-6-4-5-7-10(9)20(23)24/h4-7H,8H2,1-3H3. The number of imidazole rings is 1. The SMILES string of the molecule is Cn1c(=O)c2c(nc(SCc3ccccc3[N+](=O)[O-])n2C)n(C)c1=O. The molecule has 0 fully saturated rings. The van der Waals surface area contributed by atoms with Crippen molar-refractivity contribution in [2.45, 2.75) is 10.9 Å². The molecule has 0 aliphatic carbocycles. The number of nitrogens with zero attached hydrogens (tertiary/aromatic N) is 5. The minimum absolute atomic E-state index is 0.0390. The molecule has 0 aliphatic rings. The third-order valence-corrected chi connectivity index (χ3v) is 5.06. The molecule has 3 aromatic rings. The van der Waals surface area contributed by atoms with E-state index in [1.807, 2.05) is 0 Å². The Morgan fingerprint density at radius 2 is 1.80 bits per heavy atom. The smallest absolute Gasteiger partial charge is 0.316 e. The van der Waals surface area contributed by atoms with E-state index >= 15 is 0 Å². The Hall–Kier alpha value is -2.88. The number of para-hydroxylation sites is 1. The summed E-state index contributed by atoms with van der Waals surface area (Å²) in [4.78, 5) is 39.4. The van der Waals surface area contributed by atoms with E-state index in [0.29, 0.717) is 27.6 Å². The summed E-state index contributed by atoms with van der Waals surface area (Å²) in [6, 6.07) is 6.48. The average Bonchev–Trinajstić information content (AvgIpc) is 2.93. The van der Waals surface area contributed by atoms with Crippen LogP contribution in [0.25, 0.3) is 11.2 Å². The molecule has 0 atom stereocenters. The van der Waals surface area contributed by atoms with Crippen LogP contribution in [0.5, 0.6) is 0 Å². The zero-order valence-electron chi connectivity index (χ0n) is 13.8. The third kappa shape index (κ3) is 2.74. The highest BCUT2D eigenvalue weighted by Gasteiger charge is 2.18. The van der Waals surface area contributed by atoms with Crippen molar-refractivity contribution in [3.05, 3.63) is 60.8 Å². The summed E-state index contributed by atoms with van der Waals surface area (Å²) in [5, 5.41) is 11.6. The van der Waals surface area contributed by atoms with Crippen molar-refractivity contribution in [3.8, 4) is 0 Å². The molecule has 0 saturated carbocycles. The normalized spacial score (nSPS) is 11.2. The highest BCUT2D eigenvalue weighted by Crippen LogP contribution is 2.28. The molecule has 9 nitrogen and oxygen atoms in total. The lowest BCUT2D eigenvalue weighted by molar-refractivity contribution is -0.385. The van der Waals surface area contributed by atoms with Crippen LogP contribution < -0.4 is 11.2 Å². The predicted octanol–water partition coefficient (Wildman–Crippen LogP) is 1.17. The Kier molecular flexibility index (Phi) is 4.21. The first-order valence-electron chi connectivity index (χ1n) is 7.30. The second kappa shape index (κ2) is 6.20. The Bertz CT molecular complexity index is 1110. The number of hydrogen-bond acceptors (Lipinski definition) is 6. The second-order valence-corrected chi connectivity index (χ2v) is 6.45. The van der Waals surface area contributed by atoms with Gasteiger partial charge >= 0.3 is 5.69 Å². The van der Waals surface area contributed by atoms with E-state index in [0.717, 1.165) is 4.57 Å². The Morgan fingerprint density at radius 3 is 2.48 bits per heavy atom. The molecule has 10 heteroatoms. The molecule has 0 bridgehead atoms. The molecule has 0 amide bonds. The van der Waals surface area contributed by atoms with Crippen LogP contribution in [0.15, 0.2) is 39.0 Å². The van der Waals surface area contributed by atoms with Gasteiger partial charge in [-0.05, 0) is 0 Å². The Labute approximate surface area is 145 Å². The number of aromatic nitrogens is 4. The summed E-state index contributed by atoms with van der Waals surface area (Å²) >= 11 is 1.27.